The molecule has 1 saturated carbocycles. The van der Waals surface area contributed by atoms with Gasteiger partial charge in [-0.3, -0.25) is 4.79 Å². The van der Waals surface area contributed by atoms with Gasteiger partial charge in [-0.1, -0.05) is 32.9 Å². The topological polar surface area (TPSA) is 72.7 Å². The monoisotopic (exact) mass is 285 g/mol. The summed E-state index contributed by atoms with van der Waals surface area (Å²) in [7, 11) is 0. The van der Waals surface area contributed by atoms with E-state index in [1.165, 1.54) is 0 Å². The van der Waals surface area contributed by atoms with Crippen molar-refractivity contribution in [3.05, 3.63) is 24.3 Å². The molecule has 0 saturated heterocycles. The van der Waals surface area contributed by atoms with Crippen molar-refractivity contribution in [1.29, 1.82) is 0 Å². The summed E-state index contributed by atoms with van der Waals surface area (Å²) in [5.74, 6) is 0.741. The molecule has 1 aliphatic carbocycles. The molecule has 1 aromatic heterocycles. The van der Waals surface area contributed by atoms with Crippen molar-refractivity contribution in [3.8, 4) is 11.4 Å². The average Bonchev–Trinajstić information content (AvgIpc) is 3.15. The zero-order valence-electron chi connectivity index (χ0n) is 12.5. The van der Waals surface area contributed by atoms with Crippen molar-refractivity contribution in [3.63, 3.8) is 0 Å². The van der Waals surface area contributed by atoms with Crippen LogP contribution in [0, 0.1) is 5.41 Å². The molecule has 1 N–H and O–H groups in total. The predicted molar refractivity (Wildman–Crippen MR) is 79.6 cm³/mol. The molecule has 110 valence electrons. The molecular formula is C15H19N5O. The highest BCUT2D eigenvalue weighted by atomic mass is 16.2. The van der Waals surface area contributed by atoms with Crippen LogP contribution in [0.2, 0.25) is 0 Å². The van der Waals surface area contributed by atoms with Crippen LogP contribution in [0.5, 0.6) is 0 Å². The number of tetrazole rings is 1. The number of anilines is 1. The van der Waals surface area contributed by atoms with Crippen LogP contribution < -0.4 is 5.32 Å². The lowest BCUT2D eigenvalue weighted by molar-refractivity contribution is -0.123. The molecule has 0 spiro atoms. The SMILES string of the molecule is CC(C)(C)C(=O)Nc1cccc(-c2nnnn2C2CC2)c1. The van der Waals surface area contributed by atoms with Gasteiger partial charge in [-0.15, -0.1) is 5.10 Å². The molecule has 0 radical (unpaired) electrons. The Hall–Kier alpha value is -2.24. The summed E-state index contributed by atoms with van der Waals surface area (Å²) in [4.78, 5) is 12.1. The van der Waals surface area contributed by atoms with Crippen molar-refractivity contribution >= 4 is 11.6 Å². The van der Waals surface area contributed by atoms with E-state index in [0.717, 1.165) is 29.9 Å². The summed E-state index contributed by atoms with van der Waals surface area (Å²) in [5.41, 5.74) is 1.25. The summed E-state index contributed by atoms with van der Waals surface area (Å²) in [6.07, 6.45) is 2.25. The van der Waals surface area contributed by atoms with Gasteiger partial charge in [0.2, 0.25) is 5.91 Å². The van der Waals surface area contributed by atoms with Crippen molar-refractivity contribution in [1.82, 2.24) is 20.2 Å². The van der Waals surface area contributed by atoms with E-state index >= 15 is 0 Å². The normalized spacial score (nSPS) is 15.0. The number of rotatable bonds is 3. The molecule has 0 bridgehead atoms. The van der Waals surface area contributed by atoms with Gasteiger partial charge < -0.3 is 5.32 Å². The molecule has 6 heteroatoms. The number of carbonyl (C=O) groups is 1. The number of nitrogens with zero attached hydrogens (tertiary/aromatic N) is 4. The lowest BCUT2D eigenvalue weighted by Gasteiger charge is -2.17. The van der Waals surface area contributed by atoms with E-state index in [1.807, 2.05) is 49.7 Å². The third kappa shape index (κ3) is 2.94. The van der Waals surface area contributed by atoms with Crippen molar-refractivity contribution in [2.24, 2.45) is 5.41 Å². The Morgan fingerprint density at radius 1 is 1.33 bits per heavy atom. The molecule has 1 aliphatic rings. The van der Waals surface area contributed by atoms with E-state index in [0.29, 0.717) is 6.04 Å². The molecule has 6 nitrogen and oxygen atoms in total. The Bertz CT molecular complexity index is 667. The van der Waals surface area contributed by atoms with E-state index in [1.54, 1.807) is 0 Å². The average molecular weight is 285 g/mol. The van der Waals surface area contributed by atoms with Gasteiger partial charge >= 0.3 is 0 Å². The second-order valence-corrected chi connectivity index (χ2v) is 6.46. The fourth-order valence-electron chi connectivity index (χ4n) is 2.00. The standard InChI is InChI=1S/C15H19N5O/c1-15(2,3)14(21)16-11-6-4-5-10(9-11)13-17-18-19-20(13)12-7-8-12/h4-6,9,12H,7-8H2,1-3H3,(H,16,21). The molecule has 1 amide bonds. The number of nitrogens with one attached hydrogen (secondary N) is 1. The smallest absolute Gasteiger partial charge is 0.229 e. The van der Waals surface area contributed by atoms with E-state index in [9.17, 15) is 4.79 Å². The maximum absolute atomic E-state index is 12.1. The maximum atomic E-state index is 12.1. The van der Waals surface area contributed by atoms with E-state index in [2.05, 4.69) is 20.8 Å². The van der Waals surface area contributed by atoms with Gasteiger partial charge in [-0.25, -0.2) is 4.68 Å². The molecule has 3 rings (SSSR count). The third-order valence-electron chi connectivity index (χ3n) is 3.45. The highest BCUT2D eigenvalue weighted by Gasteiger charge is 2.28. The third-order valence-corrected chi connectivity index (χ3v) is 3.45. The Balaban J connectivity index is 1.86. The van der Waals surface area contributed by atoms with Crippen LogP contribution >= 0.6 is 0 Å². The summed E-state index contributed by atoms with van der Waals surface area (Å²) in [6, 6.07) is 8.06. The van der Waals surface area contributed by atoms with Crippen LogP contribution in [0.15, 0.2) is 24.3 Å². The molecule has 2 aromatic rings. The predicted octanol–water partition coefficient (Wildman–Crippen LogP) is 2.66. The molecule has 1 fully saturated rings. The molecule has 0 aliphatic heterocycles. The fourth-order valence-corrected chi connectivity index (χ4v) is 2.00. The van der Waals surface area contributed by atoms with Crippen LogP contribution in [0.3, 0.4) is 0 Å². The summed E-state index contributed by atoms with van der Waals surface area (Å²) in [6.45, 7) is 5.67. The second kappa shape index (κ2) is 4.95. The van der Waals surface area contributed by atoms with Gasteiger partial charge in [0.15, 0.2) is 5.82 Å². The van der Waals surface area contributed by atoms with Crippen LogP contribution in [-0.4, -0.2) is 26.1 Å². The van der Waals surface area contributed by atoms with Gasteiger partial charge in [-0.2, -0.15) is 0 Å². The Labute approximate surface area is 123 Å². The number of amides is 1. The number of aromatic nitrogens is 4. The minimum atomic E-state index is -0.425. The summed E-state index contributed by atoms with van der Waals surface area (Å²) in [5, 5.41) is 14.9. The minimum Gasteiger partial charge on any atom is -0.326 e. The van der Waals surface area contributed by atoms with Crippen LogP contribution in [0.25, 0.3) is 11.4 Å². The minimum absolute atomic E-state index is 0.0126. The number of benzene rings is 1. The number of hydrogen-bond donors (Lipinski definition) is 1. The second-order valence-electron chi connectivity index (χ2n) is 6.46. The molecule has 0 unspecified atom stereocenters. The molecular weight excluding hydrogens is 266 g/mol. The molecule has 21 heavy (non-hydrogen) atoms. The first-order valence-electron chi connectivity index (χ1n) is 7.15. The van der Waals surface area contributed by atoms with Crippen molar-refractivity contribution in [2.75, 3.05) is 5.32 Å². The molecule has 1 aromatic carbocycles. The largest absolute Gasteiger partial charge is 0.326 e. The molecule has 0 atom stereocenters. The first kappa shape index (κ1) is 13.7. The number of carbonyl (C=O) groups excluding carboxylic acids is 1. The lowest BCUT2D eigenvalue weighted by Crippen LogP contribution is -2.27. The van der Waals surface area contributed by atoms with Crippen molar-refractivity contribution < 1.29 is 4.79 Å². The lowest BCUT2D eigenvalue weighted by atomic mass is 9.95. The summed E-state index contributed by atoms with van der Waals surface area (Å²) >= 11 is 0. The van der Waals surface area contributed by atoms with E-state index < -0.39 is 5.41 Å². The van der Waals surface area contributed by atoms with Gasteiger partial charge in [0, 0.05) is 16.7 Å². The van der Waals surface area contributed by atoms with Crippen molar-refractivity contribution in [2.45, 2.75) is 39.7 Å². The summed E-state index contributed by atoms with van der Waals surface area (Å²) < 4.78 is 1.87. The molecule has 1 heterocycles. The van der Waals surface area contributed by atoms with Gasteiger partial charge in [-0.05, 0) is 35.4 Å². The van der Waals surface area contributed by atoms with Crippen LogP contribution in [0.4, 0.5) is 5.69 Å². The Morgan fingerprint density at radius 3 is 2.76 bits per heavy atom. The highest BCUT2D eigenvalue weighted by Crippen LogP contribution is 2.36. The maximum Gasteiger partial charge on any atom is 0.229 e. The van der Waals surface area contributed by atoms with Crippen LogP contribution in [0.1, 0.15) is 39.7 Å². The first-order valence-corrected chi connectivity index (χ1v) is 7.15. The fraction of sp³-hybridized carbons (Fsp3) is 0.467. The van der Waals surface area contributed by atoms with E-state index in [4.69, 9.17) is 0 Å². The Kier molecular flexibility index (Phi) is 3.23. The first-order chi connectivity index (χ1) is 9.95. The van der Waals surface area contributed by atoms with Gasteiger partial charge in [0.1, 0.15) is 0 Å². The zero-order valence-corrected chi connectivity index (χ0v) is 12.5. The Morgan fingerprint density at radius 2 is 2.10 bits per heavy atom. The zero-order chi connectivity index (χ0) is 15.0. The van der Waals surface area contributed by atoms with Crippen LogP contribution in [-0.2, 0) is 4.79 Å². The highest BCUT2D eigenvalue weighted by molar-refractivity contribution is 5.94. The van der Waals surface area contributed by atoms with Gasteiger partial charge in [0.05, 0.1) is 6.04 Å². The quantitative estimate of drug-likeness (QED) is 0.941. The number of hydrogen-bond acceptors (Lipinski definition) is 4. The van der Waals surface area contributed by atoms with E-state index in [-0.39, 0.29) is 5.91 Å². The van der Waals surface area contributed by atoms with Gasteiger partial charge in [0.25, 0.3) is 0 Å².